The van der Waals surface area contributed by atoms with Crippen molar-refractivity contribution in [3.63, 3.8) is 0 Å². The van der Waals surface area contributed by atoms with E-state index in [9.17, 15) is 9.90 Å². The summed E-state index contributed by atoms with van der Waals surface area (Å²) in [4.78, 5) is 15.9. The minimum Gasteiger partial charge on any atom is -0.478 e. The summed E-state index contributed by atoms with van der Waals surface area (Å²) in [6, 6.07) is 5.32. The second-order valence-electron chi connectivity index (χ2n) is 5.43. The van der Waals surface area contributed by atoms with Crippen LogP contribution in [0.25, 0.3) is 11.0 Å². The van der Waals surface area contributed by atoms with Crippen molar-refractivity contribution in [3.05, 3.63) is 29.6 Å². The molecule has 1 aromatic heterocycles. The van der Waals surface area contributed by atoms with Gasteiger partial charge in [0, 0.05) is 20.1 Å². The summed E-state index contributed by atoms with van der Waals surface area (Å²) in [5.74, 6) is 0.360. The Kier molecular flexibility index (Phi) is 4.96. The first-order valence-electron chi connectivity index (χ1n) is 7.28. The van der Waals surface area contributed by atoms with Crippen molar-refractivity contribution in [2.24, 2.45) is 5.92 Å². The van der Waals surface area contributed by atoms with E-state index >= 15 is 0 Å². The van der Waals surface area contributed by atoms with Crippen LogP contribution in [0.3, 0.4) is 0 Å². The number of imidazole rings is 1. The lowest BCUT2D eigenvalue weighted by molar-refractivity contribution is 0.0699. The molecule has 1 heterocycles. The maximum Gasteiger partial charge on any atom is 0.337 e. The van der Waals surface area contributed by atoms with Gasteiger partial charge in [0.2, 0.25) is 0 Å². The summed E-state index contributed by atoms with van der Waals surface area (Å²) >= 11 is 0. The number of fused-ring (bicyclic) bond motifs is 1. The first-order valence-corrected chi connectivity index (χ1v) is 7.28. The highest BCUT2D eigenvalue weighted by atomic mass is 16.5. The van der Waals surface area contributed by atoms with Crippen LogP contribution in [0.2, 0.25) is 0 Å². The van der Waals surface area contributed by atoms with Crippen molar-refractivity contribution in [1.82, 2.24) is 9.55 Å². The van der Waals surface area contributed by atoms with Crippen LogP contribution in [0, 0.1) is 5.92 Å². The Hall–Kier alpha value is -1.88. The fourth-order valence-electron chi connectivity index (χ4n) is 2.63. The molecule has 0 fully saturated rings. The number of nitrogens with zero attached hydrogens (tertiary/aromatic N) is 2. The third-order valence-corrected chi connectivity index (χ3v) is 3.51. The molecule has 1 N–H and O–H groups in total. The standard InChI is InChI=1S/C16H22N2O3/c1-4-6-14-17-15-12(16(19)20)7-5-8-13(15)18(14)9-11(2)10-21-3/h5,7-8,11H,4,6,9-10H2,1-3H3,(H,19,20). The fourth-order valence-corrected chi connectivity index (χ4v) is 2.63. The van der Waals surface area contributed by atoms with Gasteiger partial charge >= 0.3 is 5.97 Å². The minimum absolute atomic E-state index is 0.267. The molecule has 1 atom stereocenters. The highest BCUT2D eigenvalue weighted by molar-refractivity contribution is 6.01. The third-order valence-electron chi connectivity index (χ3n) is 3.51. The van der Waals surface area contributed by atoms with Crippen LogP contribution in [0.1, 0.15) is 36.5 Å². The summed E-state index contributed by atoms with van der Waals surface area (Å²) in [5, 5.41) is 9.31. The van der Waals surface area contributed by atoms with E-state index in [-0.39, 0.29) is 5.56 Å². The number of para-hydroxylation sites is 1. The van der Waals surface area contributed by atoms with E-state index in [2.05, 4.69) is 23.4 Å². The molecule has 0 aliphatic carbocycles. The molecule has 0 amide bonds. The Morgan fingerprint density at radius 1 is 1.48 bits per heavy atom. The van der Waals surface area contributed by atoms with Crippen LogP contribution >= 0.6 is 0 Å². The first kappa shape index (κ1) is 15.5. The summed E-state index contributed by atoms with van der Waals surface area (Å²) in [6.07, 6.45) is 1.82. The molecule has 0 spiro atoms. The molecule has 114 valence electrons. The maximum absolute atomic E-state index is 11.3. The van der Waals surface area contributed by atoms with Gasteiger partial charge in [0.05, 0.1) is 17.7 Å². The molecule has 0 bridgehead atoms. The molecule has 0 aliphatic rings. The second-order valence-corrected chi connectivity index (χ2v) is 5.43. The van der Waals surface area contributed by atoms with Crippen molar-refractivity contribution < 1.29 is 14.6 Å². The Labute approximate surface area is 124 Å². The van der Waals surface area contributed by atoms with Gasteiger partial charge in [0.15, 0.2) is 0 Å². The number of carboxylic acids is 1. The van der Waals surface area contributed by atoms with E-state index in [0.29, 0.717) is 18.0 Å². The Morgan fingerprint density at radius 2 is 2.24 bits per heavy atom. The number of hydrogen-bond acceptors (Lipinski definition) is 3. The van der Waals surface area contributed by atoms with Gasteiger partial charge in [0.25, 0.3) is 0 Å². The molecule has 2 rings (SSSR count). The molecule has 21 heavy (non-hydrogen) atoms. The van der Waals surface area contributed by atoms with Gasteiger partial charge in [-0.1, -0.05) is 19.9 Å². The second kappa shape index (κ2) is 6.72. The van der Waals surface area contributed by atoms with E-state index in [1.807, 2.05) is 6.07 Å². The van der Waals surface area contributed by atoms with Crippen molar-refractivity contribution in [2.75, 3.05) is 13.7 Å². The lowest BCUT2D eigenvalue weighted by atomic mass is 10.1. The van der Waals surface area contributed by atoms with Crippen molar-refractivity contribution in [1.29, 1.82) is 0 Å². The van der Waals surface area contributed by atoms with Crippen molar-refractivity contribution >= 4 is 17.0 Å². The molecule has 0 radical (unpaired) electrons. The van der Waals surface area contributed by atoms with Gasteiger partial charge < -0.3 is 14.4 Å². The number of carboxylic acid groups (broad SMARTS) is 1. The van der Waals surface area contributed by atoms with Crippen LogP contribution in [-0.2, 0) is 17.7 Å². The summed E-state index contributed by atoms with van der Waals surface area (Å²) in [6.45, 7) is 5.67. The normalized spacial score (nSPS) is 12.7. The number of ether oxygens (including phenoxy) is 1. The molecule has 1 unspecified atom stereocenters. The van der Waals surface area contributed by atoms with E-state index in [1.165, 1.54) is 0 Å². The topological polar surface area (TPSA) is 64.3 Å². The molecule has 2 aromatic rings. The predicted octanol–water partition coefficient (Wildman–Crippen LogP) is 2.97. The van der Waals surface area contributed by atoms with Crippen LogP contribution in [0.5, 0.6) is 0 Å². The molecule has 0 aliphatic heterocycles. The third kappa shape index (κ3) is 3.24. The van der Waals surface area contributed by atoms with E-state index in [0.717, 1.165) is 30.7 Å². The largest absolute Gasteiger partial charge is 0.478 e. The van der Waals surface area contributed by atoms with Crippen LogP contribution in [0.15, 0.2) is 18.2 Å². The molecule has 1 aromatic carbocycles. The SMILES string of the molecule is CCCc1nc2c(C(=O)O)cccc2n1CC(C)COC. The average molecular weight is 290 g/mol. The molecular formula is C16H22N2O3. The zero-order valence-electron chi connectivity index (χ0n) is 12.8. The monoisotopic (exact) mass is 290 g/mol. The summed E-state index contributed by atoms with van der Waals surface area (Å²) in [5.41, 5.74) is 1.74. The number of aromatic carboxylic acids is 1. The zero-order valence-corrected chi connectivity index (χ0v) is 12.8. The average Bonchev–Trinajstić information content (AvgIpc) is 2.77. The highest BCUT2D eigenvalue weighted by Gasteiger charge is 2.17. The van der Waals surface area contributed by atoms with E-state index < -0.39 is 5.97 Å². The smallest absolute Gasteiger partial charge is 0.337 e. The number of aromatic nitrogens is 2. The van der Waals surface area contributed by atoms with Crippen LogP contribution < -0.4 is 0 Å². The quantitative estimate of drug-likeness (QED) is 0.851. The molecule has 0 saturated carbocycles. The van der Waals surface area contributed by atoms with Gasteiger partial charge in [0.1, 0.15) is 11.3 Å². The maximum atomic E-state index is 11.3. The summed E-state index contributed by atoms with van der Waals surface area (Å²) in [7, 11) is 1.69. The zero-order chi connectivity index (χ0) is 15.4. The first-order chi connectivity index (χ1) is 10.1. The number of benzene rings is 1. The Balaban J connectivity index is 2.52. The fraction of sp³-hybridized carbons (Fsp3) is 0.500. The minimum atomic E-state index is -0.932. The highest BCUT2D eigenvalue weighted by Crippen LogP contribution is 2.22. The van der Waals surface area contributed by atoms with Gasteiger partial charge in [-0.2, -0.15) is 0 Å². The van der Waals surface area contributed by atoms with Gasteiger partial charge in [-0.05, 0) is 24.5 Å². The van der Waals surface area contributed by atoms with Crippen LogP contribution in [-0.4, -0.2) is 34.3 Å². The number of methoxy groups -OCH3 is 1. The lowest BCUT2D eigenvalue weighted by Gasteiger charge is -2.14. The predicted molar refractivity (Wildman–Crippen MR) is 81.7 cm³/mol. The van der Waals surface area contributed by atoms with Gasteiger partial charge in [-0.25, -0.2) is 9.78 Å². The number of rotatable bonds is 7. The van der Waals surface area contributed by atoms with Crippen LogP contribution in [0.4, 0.5) is 0 Å². The number of carbonyl (C=O) groups is 1. The summed E-state index contributed by atoms with van der Waals surface area (Å²) < 4.78 is 7.33. The van der Waals surface area contributed by atoms with Crippen molar-refractivity contribution in [2.45, 2.75) is 33.2 Å². The molecule has 5 heteroatoms. The number of aryl methyl sites for hydroxylation is 1. The van der Waals surface area contributed by atoms with E-state index in [1.54, 1.807) is 19.2 Å². The van der Waals surface area contributed by atoms with E-state index in [4.69, 9.17) is 4.74 Å². The molecule has 5 nitrogen and oxygen atoms in total. The molecule has 0 saturated heterocycles. The van der Waals surface area contributed by atoms with Crippen molar-refractivity contribution in [3.8, 4) is 0 Å². The lowest BCUT2D eigenvalue weighted by Crippen LogP contribution is -2.14. The Bertz CT molecular complexity index is 634. The number of hydrogen-bond donors (Lipinski definition) is 1. The molecular weight excluding hydrogens is 268 g/mol. The van der Waals surface area contributed by atoms with Gasteiger partial charge in [-0.15, -0.1) is 0 Å². The van der Waals surface area contributed by atoms with Gasteiger partial charge in [-0.3, -0.25) is 0 Å². The Morgan fingerprint density at radius 3 is 2.86 bits per heavy atom.